The molecule has 3 N–H and O–H groups in total. The van der Waals surface area contributed by atoms with Gasteiger partial charge in [0.25, 0.3) is 0 Å². The van der Waals surface area contributed by atoms with Crippen molar-refractivity contribution in [2.24, 2.45) is 11.1 Å². The molecule has 16 heavy (non-hydrogen) atoms. The molecule has 1 rings (SSSR count). The summed E-state index contributed by atoms with van der Waals surface area (Å²) in [7, 11) is 0. The summed E-state index contributed by atoms with van der Waals surface area (Å²) >= 11 is 0. The van der Waals surface area contributed by atoms with E-state index < -0.39 is 17.0 Å². The smallest absolute Gasteiger partial charge is 0.231 e. The fourth-order valence-corrected chi connectivity index (χ4v) is 1.02. The van der Waals surface area contributed by atoms with E-state index in [0.29, 0.717) is 0 Å². The maximum absolute atomic E-state index is 12.8. The fourth-order valence-electron chi connectivity index (χ4n) is 1.02. The molecule has 1 aromatic carbocycles. The van der Waals surface area contributed by atoms with Crippen molar-refractivity contribution in [3.63, 3.8) is 0 Å². The largest absolute Gasteiger partial charge is 0.329 e. The molecule has 0 atom stereocenters. The van der Waals surface area contributed by atoms with Gasteiger partial charge in [0, 0.05) is 18.3 Å². The van der Waals surface area contributed by atoms with Crippen molar-refractivity contribution in [2.45, 2.75) is 13.8 Å². The molecule has 88 valence electrons. The molecule has 0 aliphatic heterocycles. The third kappa shape index (κ3) is 3.00. The second kappa shape index (κ2) is 4.57. The zero-order valence-corrected chi connectivity index (χ0v) is 9.18. The van der Waals surface area contributed by atoms with Gasteiger partial charge in [0.15, 0.2) is 0 Å². The minimum atomic E-state index is -0.775. The minimum absolute atomic E-state index is 0.0871. The molecular formula is C11H14F2N2O. The van der Waals surface area contributed by atoms with E-state index in [9.17, 15) is 13.6 Å². The Kier molecular flexibility index (Phi) is 3.59. The van der Waals surface area contributed by atoms with Crippen molar-refractivity contribution in [3.8, 4) is 0 Å². The molecular weight excluding hydrogens is 214 g/mol. The highest BCUT2D eigenvalue weighted by Crippen LogP contribution is 2.18. The highest BCUT2D eigenvalue weighted by Gasteiger charge is 2.25. The number of hydrogen-bond donors (Lipinski definition) is 2. The maximum Gasteiger partial charge on any atom is 0.231 e. The van der Waals surface area contributed by atoms with Crippen LogP contribution in [0, 0.1) is 17.0 Å². The zero-order valence-electron chi connectivity index (χ0n) is 9.18. The normalized spacial score (nSPS) is 11.3. The van der Waals surface area contributed by atoms with E-state index in [4.69, 9.17) is 5.73 Å². The first-order chi connectivity index (χ1) is 7.35. The topological polar surface area (TPSA) is 55.1 Å². The molecule has 0 unspecified atom stereocenters. The second-order valence-corrected chi connectivity index (χ2v) is 4.20. The zero-order chi connectivity index (χ0) is 12.3. The summed E-state index contributed by atoms with van der Waals surface area (Å²) in [5.41, 5.74) is 4.72. The summed E-state index contributed by atoms with van der Waals surface area (Å²) in [5, 5.41) is 2.42. The van der Waals surface area contributed by atoms with E-state index in [-0.39, 0.29) is 18.1 Å². The van der Waals surface area contributed by atoms with Crippen LogP contribution >= 0.6 is 0 Å². The molecule has 0 saturated carbocycles. The lowest BCUT2D eigenvalue weighted by atomic mass is 9.92. The summed E-state index contributed by atoms with van der Waals surface area (Å²) in [6, 6.07) is 2.84. The molecule has 0 spiro atoms. The number of nitrogens with one attached hydrogen (secondary N) is 1. The predicted octanol–water partition coefficient (Wildman–Crippen LogP) is 1.89. The first-order valence-corrected chi connectivity index (χ1v) is 4.83. The average Bonchev–Trinajstić information content (AvgIpc) is 2.15. The second-order valence-electron chi connectivity index (χ2n) is 4.20. The van der Waals surface area contributed by atoms with Crippen molar-refractivity contribution in [3.05, 3.63) is 29.8 Å². The molecule has 0 saturated heterocycles. The van der Waals surface area contributed by atoms with E-state index in [1.165, 1.54) is 0 Å². The molecule has 3 nitrogen and oxygen atoms in total. The first-order valence-electron chi connectivity index (χ1n) is 4.83. The van der Waals surface area contributed by atoms with Crippen LogP contribution in [0.4, 0.5) is 14.5 Å². The monoisotopic (exact) mass is 228 g/mol. The molecule has 5 heteroatoms. The Hall–Kier alpha value is -1.49. The highest BCUT2D eigenvalue weighted by molar-refractivity contribution is 5.94. The number of carbonyl (C=O) groups is 1. The molecule has 0 aliphatic rings. The predicted molar refractivity (Wildman–Crippen MR) is 57.8 cm³/mol. The number of benzene rings is 1. The van der Waals surface area contributed by atoms with E-state index in [1.807, 2.05) is 0 Å². The van der Waals surface area contributed by atoms with Crippen molar-refractivity contribution >= 4 is 11.6 Å². The van der Waals surface area contributed by atoms with Gasteiger partial charge in [0.05, 0.1) is 5.41 Å². The lowest BCUT2D eigenvalue weighted by Crippen LogP contribution is -2.37. The molecule has 1 aromatic rings. The Morgan fingerprint density at radius 2 is 1.81 bits per heavy atom. The van der Waals surface area contributed by atoms with Crippen LogP contribution in [-0.4, -0.2) is 12.5 Å². The number of halogens is 2. The quantitative estimate of drug-likeness (QED) is 0.830. The molecule has 0 aliphatic carbocycles. The first kappa shape index (κ1) is 12.6. The van der Waals surface area contributed by atoms with Crippen molar-refractivity contribution in [1.29, 1.82) is 0 Å². The molecule has 0 heterocycles. The van der Waals surface area contributed by atoms with Gasteiger partial charge in [-0.1, -0.05) is 0 Å². The van der Waals surface area contributed by atoms with E-state index in [2.05, 4.69) is 5.32 Å². The van der Waals surface area contributed by atoms with Gasteiger partial charge in [-0.2, -0.15) is 0 Å². The molecule has 1 amide bonds. The van der Waals surface area contributed by atoms with Crippen LogP contribution in [0.1, 0.15) is 13.8 Å². The third-order valence-corrected chi connectivity index (χ3v) is 2.25. The van der Waals surface area contributed by atoms with Gasteiger partial charge in [-0.15, -0.1) is 0 Å². The average molecular weight is 228 g/mol. The van der Waals surface area contributed by atoms with Crippen LogP contribution in [0.5, 0.6) is 0 Å². The van der Waals surface area contributed by atoms with Gasteiger partial charge in [0.1, 0.15) is 11.6 Å². The number of carbonyl (C=O) groups excluding carboxylic acids is 1. The van der Waals surface area contributed by atoms with Gasteiger partial charge in [-0.25, -0.2) is 8.78 Å². The Labute approximate surface area is 92.6 Å². The summed E-state index contributed by atoms with van der Waals surface area (Å²) < 4.78 is 25.7. The Morgan fingerprint density at radius 1 is 1.31 bits per heavy atom. The number of nitrogens with two attached hydrogens (primary N) is 1. The number of rotatable bonds is 3. The lowest BCUT2D eigenvalue weighted by molar-refractivity contribution is -0.123. The van der Waals surface area contributed by atoms with Crippen molar-refractivity contribution in [1.82, 2.24) is 0 Å². The number of amides is 1. The lowest BCUT2D eigenvalue weighted by Gasteiger charge is -2.21. The SMILES string of the molecule is CC(C)(CN)C(=O)Nc1cc(F)cc(F)c1. The van der Waals surface area contributed by atoms with E-state index in [1.54, 1.807) is 13.8 Å². The van der Waals surface area contributed by atoms with Crippen molar-refractivity contribution < 1.29 is 13.6 Å². The van der Waals surface area contributed by atoms with Crippen LogP contribution in [-0.2, 0) is 4.79 Å². The summed E-state index contributed by atoms with van der Waals surface area (Å²) in [4.78, 5) is 11.7. The highest BCUT2D eigenvalue weighted by atomic mass is 19.1. The van der Waals surface area contributed by atoms with Gasteiger partial charge in [-0.3, -0.25) is 4.79 Å². The van der Waals surface area contributed by atoms with E-state index in [0.717, 1.165) is 18.2 Å². The number of anilines is 1. The Morgan fingerprint density at radius 3 is 2.25 bits per heavy atom. The summed E-state index contributed by atoms with van der Waals surface area (Å²) in [6.07, 6.45) is 0. The molecule has 0 fully saturated rings. The number of hydrogen-bond acceptors (Lipinski definition) is 2. The maximum atomic E-state index is 12.8. The Balaban J connectivity index is 2.85. The molecule has 0 aromatic heterocycles. The van der Waals surface area contributed by atoms with Gasteiger partial charge in [0.2, 0.25) is 5.91 Å². The van der Waals surface area contributed by atoms with E-state index >= 15 is 0 Å². The van der Waals surface area contributed by atoms with Crippen LogP contribution < -0.4 is 11.1 Å². The van der Waals surface area contributed by atoms with Crippen LogP contribution in [0.2, 0.25) is 0 Å². The van der Waals surface area contributed by atoms with Crippen LogP contribution in [0.15, 0.2) is 18.2 Å². The summed E-state index contributed by atoms with van der Waals surface area (Å²) in [6.45, 7) is 3.45. The Bertz CT molecular complexity index is 385. The fraction of sp³-hybridized carbons (Fsp3) is 0.364. The van der Waals surface area contributed by atoms with Crippen molar-refractivity contribution in [2.75, 3.05) is 11.9 Å². The minimum Gasteiger partial charge on any atom is -0.329 e. The van der Waals surface area contributed by atoms with Crippen LogP contribution in [0.3, 0.4) is 0 Å². The van der Waals surface area contributed by atoms with Gasteiger partial charge < -0.3 is 11.1 Å². The van der Waals surface area contributed by atoms with Gasteiger partial charge >= 0.3 is 0 Å². The third-order valence-electron chi connectivity index (χ3n) is 2.25. The molecule has 0 radical (unpaired) electrons. The van der Waals surface area contributed by atoms with Gasteiger partial charge in [-0.05, 0) is 26.0 Å². The van der Waals surface area contributed by atoms with Crippen LogP contribution in [0.25, 0.3) is 0 Å². The standard InChI is InChI=1S/C11H14F2N2O/c1-11(2,6-14)10(16)15-9-4-7(12)3-8(13)5-9/h3-5H,6,14H2,1-2H3,(H,15,16). The molecule has 0 bridgehead atoms. The summed E-state index contributed by atoms with van der Waals surface area (Å²) in [5.74, 6) is -1.85.